The summed E-state index contributed by atoms with van der Waals surface area (Å²) >= 11 is 3.40. The molecule has 0 nitrogen and oxygen atoms in total. The summed E-state index contributed by atoms with van der Waals surface area (Å²) in [7, 11) is 0. The van der Waals surface area contributed by atoms with E-state index in [1.807, 2.05) is 12.1 Å². The van der Waals surface area contributed by atoms with Crippen molar-refractivity contribution >= 4 is 15.9 Å². The van der Waals surface area contributed by atoms with Crippen molar-refractivity contribution in [2.45, 2.75) is 18.5 Å². The molecule has 1 fully saturated rings. The maximum Gasteiger partial charge on any atom is 0.128 e. The zero-order valence-corrected chi connectivity index (χ0v) is 11.2. The first-order valence-electron chi connectivity index (χ1n) is 5.97. The Bertz CT molecular complexity index is 516. The number of benzene rings is 1. The Hall–Kier alpha value is -0.960. The fourth-order valence-corrected chi connectivity index (χ4v) is 2.75. The molecule has 1 radical (unpaired) electrons. The molecule has 0 aromatic heterocycles. The lowest BCUT2D eigenvalue weighted by atomic mass is 9.98. The van der Waals surface area contributed by atoms with Crippen molar-refractivity contribution in [1.29, 1.82) is 0 Å². The molecule has 18 heavy (non-hydrogen) atoms. The summed E-state index contributed by atoms with van der Waals surface area (Å²) in [6, 6.07) is 8.11. The number of alkyl halides is 1. The molecule has 3 unspecified atom stereocenters. The van der Waals surface area contributed by atoms with E-state index in [0.29, 0.717) is 11.5 Å². The van der Waals surface area contributed by atoms with Crippen molar-refractivity contribution in [3.63, 3.8) is 0 Å². The summed E-state index contributed by atoms with van der Waals surface area (Å²) < 4.78 is 27.6. The minimum atomic E-state index is -1.28. The Morgan fingerprint density at radius 2 is 1.83 bits per heavy atom. The van der Waals surface area contributed by atoms with Crippen LogP contribution >= 0.6 is 15.9 Å². The molecule has 2 aliphatic carbocycles. The number of allylic oxidation sites excluding steroid dienone is 4. The van der Waals surface area contributed by atoms with Crippen LogP contribution < -0.4 is 0 Å². The van der Waals surface area contributed by atoms with Crippen LogP contribution in [0.1, 0.15) is 17.9 Å². The second-order valence-electron chi connectivity index (χ2n) is 4.77. The average Bonchev–Trinajstić information content (AvgIpc) is 3.10. The van der Waals surface area contributed by atoms with E-state index in [0.717, 1.165) is 17.3 Å². The van der Waals surface area contributed by atoms with Crippen LogP contribution in [-0.2, 0) is 0 Å². The Labute approximate surface area is 114 Å². The molecular formula is C15H12BrF2. The molecular weight excluding hydrogens is 298 g/mol. The normalized spacial score (nSPS) is 30.7. The highest BCUT2D eigenvalue weighted by atomic mass is 79.9. The van der Waals surface area contributed by atoms with Gasteiger partial charge in [-0.1, -0.05) is 34.1 Å². The average molecular weight is 310 g/mol. The van der Waals surface area contributed by atoms with Gasteiger partial charge in [-0.3, -0.25) is 0 Å². The highest BCUT2D eigenvalue weighted by Gasteiger charge is 2.42. The first-order valence-corrected chi connectivity index (χ1v) is 6.77. The Morgan fingerprint density at radius 3 is 2.50 bits per heavy atom. The van der Waals surface area contributed by atoms with Crippen LogP contribution in [0.25, 0.3) is 0 Å². The number of halogens is 3. The van der Waals surface area contributed by atoms with Crippen LogP contribution in [0.5, 0.6) is 0 Å². The van der Waals surface area contributed by atoms with Gasteiger partial charge in [-0.05, 0) is 47.6 Å². The van der Waals surface area contributed by atoms with Gasteiger partial charge in [-0.2, -0.15) is 0 Å². The first kappa shape index (κ1) is 12.1. The van der Waals surface area contributed by atoms with Crippen molar-refractivity contribution in [3.8, 4) is 0 Å². The monoisotopic (exact) mass is 309 g/mol. The maximum absolute atomic E-state index is 13.7. The van der Waals surface area contributed by atoms with Crippen molar-refractivity contribution < 1.29 is 8.78 Å². The van der Waals surface area contributed by atoms with Crippen LogP contribution in [0.2, 0.25) is 0 Å². The minimum Gasteiger partial charge on any atom is -0.242 e. The molecule has 1 aromatic rings. The fraction of sp³-hybridized carbons (Fsp3) is 0.267. The second-order valence-corrected chi connectivity index (χ2v) is 5.69. The third kappa shape index (κ3) is 2.28. The smallest absolute Gasteiger partial charge is 0.128 e. The second kappa shape index (κ2) is 4.61. The molecule has 0 heterocycles. The summed E-state index contributed by atoms with van der Waals surface area (Å²) in [6.45, 7) is 0. The van der Waals surface area contributed by atoms with E-state index in [1.165, 1.54) is 11.6 Å². The maximum atomic E-state index is 13.7. The van der Waals surface area contributed by atoms with Crippen molar-refractivity contribution in [2.24, 2.45) is 5.92 Å². The molecule has 0 spiro atoms. The van der Waals surface area contributed by atoms with Gasteiger partial charge in [0.2, 0.25) is 0 Å². The lowest BCUT2D eigenvalue weighted by molar-refractivity contribution is 0.426. The van der Waals surface area contributed by atoms with Crippen LogP contribution in [0.3, 0.4) is 0 Å². The number of hydrogen-bond donors (Lipinski definition) is 0. The summed E-state index contributed by atoms with van der Waals surface area (Å²) in [4.78, 5) is 0. The summed E-state index contributed by atoms with van der Waals surface area (Å²) in [6.07, 6.45) is 3.73. The summed E-state index contributed by atoms with van der Waals surface area (Å²) in [5, 5.41) is 0. The Kier molecular flexibility index (Phi) is 3.10. The van der Waals surface area contributed by atoms with Gasteiger partial charge in [0.25, 0.3) is 0 Å². The highest BCUT2D eigenvalue weighted by Crippen LogP contribution is 2.53. The van der Waals surface area contributed by atoms with Gasteiger partial charge in [0.1, 0.15) is 12.0 Å². The van der Waals surface area contributed by atoms with Gasteiger partial charge in [-0.15, -0.1) is 0 Å². The molecule has 1 aromatic carbocycles. The van der Waals surface area contributed by atoms with E-state index < -0.39 is 12.0 Å². The zero-order chi connectivity index (χ0) is 12.7. The molecule has 0 amide bonds. The summed E-state index contributed by atoms with van der Waals surface area (Å²) in [5.41, 5.74) is 1.87. The Balaban J connectivity index is 1.77. The van der Waals surface area contributed by atoms with Crippen LogP contribution in [-0.4, -0.2) is 6.17 Å². The molecule has 0 aliphatic heterocycles. The standard InChI is InChI=1S/C15H12BrF2/c16-10-3-1-9(2-4-10)13-8-14(13)12-6-5-11(17)7-15(12)18/h1-7,11,13-14H,8H2. The first-order chi connectivity index (χ1) is 8.65. The van der Waals surface area contributed by atoms with Crippen LogP contribution in [0, 0.1) is 12.3 Å². The predicted octanol–water partition coefficient (Wildman–Crippen LogP) is 4.89. The van der Waals surface area contributed by atoms with Gasteiger partial charge < -0.3 is 0 Å². The highest BCUT2D eigenvalue weighted by molar-refractivity contribution is 9.10. The van der Waals surface area contributed by atoms with Gasteiger partial charge in [-0.25, -0.2) is 8.78 Å². The molecule has 93 valence electrons. The van der Waals surface area contributed by atoms with Crippen molar-refractivity contribution in [1.82, 2.24) is 0 Å². The third-order valence-electron chi connectivity index (χ3n) is 3.53. The minimum absolute atomic E-state index is 0.200. The third-order valence-corrected chi connectivity index (χ3v) is 4.06. The van der Waals surface area contributed by atoms with Crippen LogP contribution in [0.4, 0.5) is 8.78 Å². The summed E-state index contributed by atoms with van der Waals surface area (Å²) in [5.74, 6) is 0.175. The lowest BCUT2D eigenvalue weighted by Gasteiger charge is -2.12. The van der Waals surface area contributed by atoms with Gasteiger partial charge in [0.05, 0.1) is 6.42 Å². The van der Waals surface area contributed by atoms with E-state index >= 15 is 0 Å². The molecule has 3 atom stereocenters. The molecule has 0 saturated heterocycles. The topological polar surface area (TPSA) is 0 Å². The van der Waals surface area contributed by atoms with E-state index in [2.05, 4.69) is 28.1 Å². The van der Waals surface area contributed by atoms with Crippen molar-refractivity contribution in [2.75, 3.05) is 0 Å². The van der Waals surface area contributed by atoms with E-state index in [4.69, 9.17) is 0 Å². The molecule has 2 aliphatic rings. The zero-order valence-electron chi connectivity index (χ0n) is 9.61. The predicted molar refractivity (Wildman–Crippen MR) is 71.5 cm³/mol. The lowest BCUT2D eigenvalue weighted by Crippen LogP contribution is -2.05. The molecule has 3 rings (SSSR count). The van der Waals surface area contributed by atoms with Crippen LogP contribution in [0.15, 0.2) is 52.3 Å². The molecule has 1 saturated carbocycles. The molecule has 0 N–H and O–H groups in total. The van der Waals surface area contributed by atoms with Gasteiger partial charge in [0, 0.05) is 4.47 Å². The van der Waals surface area contributed by atoms with E-state index in [-0.39, 0.29) is 5.92 Å². The number of rotatable bonds is 2. The SMILES string of the molecule is FC1=C(C2CC2c2ccc(Br)cc2)C=CC(F)[CH]1. The quantitative estimate of drug-likeness (QED) is 0.730. The van der Waals surface area contributed by atoms with E-state index in [9.17, 15) is 8.78 Å². The molecule has 0 bridgehead atoms. The Morgan fingerprint density at radius 1 is 1.11 bits per heavy atom. The largest absolute Gasteiger partial charge is 0.242 e. The van der Waals surface area contributed by atoms with Crippen molar-refractivity contribution in [3.05, 3.63) is 64.3 Å². The fourth-order valence-electron chi connectivity index (χ4n) is 2.48. The van der Waals surface area contributed by atoms with Gasteiger partial charge >= 0.3 is 0 Å². The number of hydrogen-bond acceptors (Lipinski definition) is 0. The van der Waals surface area contributed by atoms with Gasteiger partial charge in [0.15, 0.2) is 0 Å². The van der Waals surface area contributed by atoms with E-state index in [1.54, 1.807) is 6.08 Å². The molecule has 3 heteroatoms.